The molecule has 6 aliphatic rings. The van der Waals surface area contributed by atoms with Gasteiger partial charge in [-0.1, -0.05) is 39.3 Å². The molecule has 5 fully saturated rings. The number of ether oxygens (including phenoxy) is 5. The summed E-state index contributed by atoms with van der Waals surface area (Å²) in [7, 11) is 0. The predicted octanol–water partition coefficient (Wildman–Crippen LogP) is 3.03. The van der Waals surface area contributed by atoms with E-state index in [0.29, 0.717) is 19.3 Å². The van der Waals surface area contributed by atoms with Gasteiger partial charge < -0.3 is 28.8 Å². The lowest BCUT2D eigenvalue weighted by Crippen LogP contribution is -2.75. The summed E-state index contributed by atoms with van der Waals surface area (Å²) in [6.07, 6.45) is 0.297. The Morgan fingerprint density at radius 1 is 1.02 bits per heavy atom. The van der Waals surface area contributed by atoms with Crippen LogP contribution in [-0.2, 0) is 42.9 Å². The van der Waals surface area contributed by atoms with Gasteiger partial charge in [-0.3, -0.25) is 19.2 Å². The van der Waals surface area contributed by atoms with Crippen LogP contribution < -0.4 is 0 Å². The average molecular weight is 575 g/mol. The zero-order valence-corrected chi connectivity index (χ0v) is 25.4. The van der Waals surface area contributed by atoms with Gasteiger partial charge in [-0.15, -0.1) is 0 Å². The van der Waals surface area contributed by atoms with E-state index in [0.717, 1.165) is 5.57 Å². The van der Waals surface area contributed by atoms with Crippen LogP contribution in [0.15, 0.2) is 11.6 Å². The number of rotatable bonds is 4. The first-order chi connectivity index (χ1) is 18.8. The zero-order valence-electron chi connectivity index (χ0n) is 25.4. The van der Waals surface area contributed by atoms with Gasteiger partial charge in [-0.05, 0) is 33.1 Å². The van der Waals surface area contributed by atoms with E-state index in [-0.39, 0.29) is 24.5 Å². The Labute approximate surface area is 240 Å². The molecule has 2 heterocycles. The standard InChI is InChI=1S/C31H42O10/c1-15-12-31-26(7,13-19-21-25(5,6)20(38-17(3)33)10-11-29(21,31)24(35)40-19)30(14-37-16(2)32)23(41-31)28(9,36)22(27(15,30)8)39-18(4)34/h12,19-23,36H,10-11,13-14H2,1-9H3. The highest BCUT2D eigenvalue weighted by Gasteiger charge is 2.95. The third kappa shape index (κ3) is 2.78. The maximum Gasteiger partial charge on any atom is 0.316 e. The van der Waals surface area contributed by atoms with E-state index >= 15 is 0 Å². The van der Waals surface area contributed by atoms with Crippen molar-refractivity contribution >= 4 is 23.9 Å². The fraction of sp³-hybridized carbons (Fsp3) is 0.806. The molecule has 0 amide bonds. The van der Waals surface area contributed by atoms with E-state index in [1.54, 1.807) is 6.92 Å². The molecule has 11 atom stereocenters. The van der Waals surface area contributed by atoms with Gasteiger partial charge in [0.05, 0.1) is 5.41 Å². The summed E-state index contributed by atoms with van der Waals surface area (Å²) in [6.45, 7) is 15.5. The van der Waals surface area contributed by atoms with Crippen LogP contribution in [0.3, 0.4) is 0 Å². The zero-order chi connectivity index (χ0) is 30.3. The molecule has 4 bridgehead atoms. The smallest absolute Gasteiger partial charge is 0.316 e. The molecule has 0 aromatic carbocycles. The summed E-state index contributed by atoms with van der Waals surface area (Å²) in [4.78, 5) is 51.1. The molecule has 41 heavy (non-hydrogen) atoms. The van der Waals surface area contributed by atoms with Crippen molar-refractivity contribution in [3.63, 3.8) is 0 Å². The maximum atomic E-state index is 14.3. The monoisotopic (exact) mass is 574 g/mol. The van der Waals surface area contributed by atoms with Crippen molar-refractivity contribution < 1.29 is 48.0 Å². The van der Waals surface area contributed by atoms with Gasteiger partial charge in [0.1, 0.15) is 47.6 Å². The van der Waals surface area contributed by atoms with E-state index in [9.17, 15) is 24.3 Å². The largest absolute Gasteiger partial charge is 0.465 e. The molecule has 2 aliphatic heterocycles. The van der Waals surface area contributed by atoms with Gasteiger partial charge in [0.25, 0.3) is 0 Å². The van der Waals surface area contributed by atoms with Crippen LogP contribution in [0.4, 0.5) is 0 Å². The summed E-state index contributed by atoms with van der Waals surface area (Å²) >= 11 is 0. The highest BCUT2D eigenvalue weighted by Crippen LogP contribution is 2.86. The molecule has 0 aromatic heterocycles. The van der Waals surface area contributed by atoms with Crippen molar-refractivity contribution in [2.24, 2.45) is 33.0 Å². The second-order valence-corrected chi connectivity index (χ2v) is 14.6. The van der Waals surface area contributed by atoms with Crippen LogP contribution in [0.25, 0.3) is 0 Å². The van der Waals surface area contributed by atoms with Gasteiger partial charge in [0, 0.05) is 42.9 Å². The van der Waals surface area contributed by atoms with Crippen LogP contribution in [0.1, 0.15) is 81.6 Å². The summed E-state index contributed by atoms with van der Waals surface area (Å²) in [5.41, 5.74) is -6.86. The normalized spacial score (nSPS) is 51.6. The molecule has 226 valence electrons. The van der Waals surface area contributed by atoms with E-state index in [4.69, 9.17) is 23.7 Å². The summed E-state index contributed by atoms with van der Waals surface area (Å²) < 4.78 is 31.0. The van der Waals surface area contributed by atoms with Crippen molar-refractivity contribution in [3.05, 3.63) is 11.6 Å². The molecular formula is C31H42O10. The van der Waals surface area contributed by atoms with Crippen molar-refractivity contribution in [2.45, 2.75) is 117 Å². The number of carbonyl (C=O) groups is 4. The van der Waals surface area contributed by atoms with Crippen molar-refractivity contribution in [1.29, 1.82) is 0 Å². The Kier molecular flexibility index (Phi) is 5.54. The Morgan fingerprint density at radius 3 is 2.24 bits per heavy atom. The third-order valence-electron chi connectivity index (χ3n) is 12.6. The topological polar surface area (TPSA) is 135 Å². The Morgan fingerprint density at radius 2 is 1.66 bits per heavy atom. The third-order valence-corrected chi connectivity index (χ3v) is 12.6. The van der Waals surface area contributed by atoms with Crippen LogP contribution in [0.2, 0.25) is 0 Å². The van der Waals surface area contributed by atoms with Gasteiger partial charge in [0.15, 0.2) is 0 Å². The Hall–Kier alpha value is -2.46. The van der Waals surface area contributed by atoms with Gasteiger partial charge in [-0.2, -0.15) is 0 Å². The molecule has 3 saturated carbocycles. The number of aliphatic hydroxyl groups is 1. The van der Waals surface area contributed by atoms with Crippen LogP contribution in [0, 0.1) is 33.0 Å². The molecule has 2 saturated heterocycles. The molecule has 10 heteroatoms. The number of carbonyl (C=O) groups excluding carboxylic acids is 4. The molecule has 4 aliphatic carbocycles. The summed E-state index contributed by atoms with van der Waals surface area (Å²) in [5, 5.41) is 12.3. The first-order valence-electron chi connectivity index (χ1n) is 14.6. The fourth-order valence-corrected chi connectivity index (χ4v) is 11.3. The quantitative estimate of drug-likeness (QED) is 0.303. The molecule has 11 unspecified atom stereocenters. The first-order valence-corrected chi connectivity index (χ1v) is 14.6. The maximum absolute atomic E-state index is 14.3. The molecular weight excluding hydrogens is 532 g/mol. The highest BCUT2D eigenvalue weighted by molar-refractivity contribution is 5.85. The molecule has 10 nitrogen and oxygen atoms in total. The Balaban J connectivity index is 1.65. The van der Waals surface area contributed by atoms with E-state index in [2.05, 4.69) is 6.92 Å². The van der Waals surface area contributed by atoms with E-state index in [1.807, 2.05) is 33.8 Å². The van der Waals surface area contributed by atoms with Crippen LogP contribution in [0.5, 0.6) is 0 Å². The predicted molar refractivity (Wildman–Crippen MR) is 142 cm³/mol. The SMILES string of the molecule is CC(=O)OCC12C3OC4(C=C(C)C1(C)C(OC(C)=O)C3(C)O)C13CCC(OC(C)=O)C(C)(C)C1C(CC42C)OC3=O. The average Bonchev–Trinajstić information content (AvgIpc) is 3.25. The van der Waals surface area contributed by atoms with Gasteiger partial charge in [-0.25, -0.2) is 0 Å². The lowest BCUT2D eigenvalue weighted by molar-refractivity contribution is -0.259. The second-order valence-electron chi connectivity index (χ2n) is 14.6. The van der Waals surface area contributed by atoms with Crippen molar-refractivity contribution in [1.82, 2.24) is 0 Å². The number of hydrogen-bond donors (Lipinski definition) is 1. The molecule has 0 radical (unpaired) electrons. The summed E-state index contributed by atoms with van der Waals surface area (Å²) in [6, 6.07) is 0. The fourth-order valence-electron chi connectivity index (χ4n) is 11.3. The molecule has 6 rings (SSSR count). The molecule has 1 N–H and O–H groups in total. The number of hydrogen-bond acceptors (Lipinski definition) is 10. The van der Waals surface area contributed by atoms with Crippen LogP contribution in [-0.4, -0.2) is 71.2 Å². The second kappa shape index (κ2) is 7.92. The van der Waals surface area contributed by atoms with E-state index < -0.39 is 74.6 Å². The minimum Gasteiger partial charge on any atom is -0.465 e. The van der Waals surface area contributed by atoms with Gasteiger partial charge >= 0.3 is 23.9 Å². The lowest BCUT2D eigenvalue weighted by atomic mass is 9.33. The first kappa shape index (κ1) is 28.6. The van der Waals surface area contributed by atoms with Crippen LogP contribution >= 0.6 is 0 Å². The minimum atomic E-state index is -1.68. The van der Waals surface area contributed by atoms with Crippen molar-refractivity contribution in [3.8, 4) is 0 Å². The molecule has 0 aromatic rings. The Bertz CT molecular complexity index is 1300. The lowest BCUT2D eigenvalue weighted by Gasteiger charge is -2.68. The minimum absolute atomic E-state index is 0.0953. The summed E-state index contributed by atoms with van der Waals surface area (Å²) in [5.74, 6) is -2.09. The van der Waals surface area contributed by atoms with Gasteiger partial charge in [0.2, 0.25) is 0 Å². The number of esters is 4. The molecule has 0 spiro atoms. The highest BCUT2D eigenvalue weighted by atomic mass is 16.6. The van der Waals surface area contributed by atoms with Crippen molar-refractivity contribution in [2.75, 3.05) is 6.61 Å². The van der Waals surface area contributed by atoms with E-state index in [1.165, 1.54) is 20.8 Å².